The molecule has 2 unspecified atom stereocenters. The van der Waals surface area contributed by atoms with E-state index < -0.39 is 17.4 Å². The number of aliphatic hydroxyl groups excluding tert-OH is 1. The van der Waals surface area contributed by atoms with Crippen molar-refractivity contribution >= 4 is 5.78 Å². The highest BCUT2D eigenvalue weighted by atomic mass is 19.2. The zero-order valence-electron chi connectivity index (χ0n) is 11.9. The first-order chi connectivity index (χ1) is 10.0. The quantitative estimate of drug-likeness (QED) is 0.840. The van der Waals surface area contributed by atoms with Gasteiger partial charge in [0.1, 0.15) is 0 Å². The second-order valence-corrected chi connectivity index (χ2v) is 5.26. The molecule has 1 N–H and O–H groups in total. The summed E-state index contributed by atoms with van der Waals surface area (Å²) in [6.07, 6.45) is -0.162. The summed E-state index contributed by atoms with van der Waals surface area (Å²) < 4.78 is 32.1. The third kappa shape index (κ3) is 3.84. The van der Waals surface area contributed by atoms with Crippen LogP contribution < -0.4 is 0 Å². The van der Waals surface area contributed by atoms with Crippen molar-refractivity contribution in [2.75, 3.05) is 26.3 Å². The molecule has 21 heavy (non-hydrogen) atoms. The molecule has 2 rings (SSSR count). The number of hydrogen-bond donors (Lipinski definition) is 1. The van der Waals surface area contributed by atoms with E-state index in [1.807, 2.05) is 11.8 Å². The molecule has 0 aromatic heterocycles. The summed E-state index contributed by atoms with van der Waals surface area (Å²) in [5, 5.41) is 9.11. The number of aliphatic hydroxyl groups is 1. The van der Waals surface area contributed by atoms with E-state index in [0.29, 0.717) is 19.7 Å². The van der Waals surface area contributed by atoms with E-state index in [9.17, 15) is 13.6 Å². The maximum atomic E-state index is 13.5. The van der Waals surface area contributed by atoms with Gasteiger partial charge in [-0.3, -0.25) is 9.69 Å². The van der Waals surface area contributed by atoms with E-state index in [1.165, 1.54) is 12.1 Å². The number of ketones is 1. The fourth-order valence-corrected chi connectivity index (χ4v) is 2.40. The van der Waals surface area contributed by atoms with Gasteiger partial charge in [0.15, 0.2) is 17.4 Å². The second kappa shape index (κ2) is 7.06. The van der Waals surface area contributed by atoms with Gasteiger partial charge in [-0.2, -0.15) is 0 Å². The Morgan fingerprint density at radius 2 is 2.24 bits per heavy atom. The lowest BCUT2D eigenvalue weighted by Crippen LogP contribution is -2.49. The topological polar surface area (TPSA) is 49.8 Å². The van der Waals surface area contributed by atoms with E-state index in [4.69, 9.17) is 9.84 Å². The van der Waals surface area contributed by atoms with E-state index in [-0.39, 0.29) is 30.7 Å². The van der Waals surface area contributed by atoms with Gasteiger partial charge in [-0.25, -0.2) is 8.78 Å². The number of ether oxygens (including phenoxy) is 1. The highest BCUT2D eigenvalue weighted by Gasteiger charge is 2.26. The molecule has 1 aliphatic rings. The normalized spacial score (nSPS) is 23.2. The van der Waals surface area contributed by atoms with Gasteiger partial charge < -0.3 is 9.84 Å². The van der Waals surface area contributed by atoms with Crippen LogP contribution in [-0.4, -0.2) is 54.2 Å². The minimum atomic E-state index is -1.09. The van der Waals surface area contributed by atoms with Gasteiger partial charge in [-0.15, -0.1) is 0 Å². The number of carbonyl (C=O) groups excluding carboxylic acids is 1. The van der Waals surface area contributed by atoms with Crippen LogP contribution in [0.2, 0.25) is 0 Å². The Morgan fingerprint density at radius 3 is 2.95 bits per heavy atom. The van der Waals surface area contributed by atoms with Crippen LogP contribution in [-0.2, 0) is 4.74 Å². The Kier molecular flexibility index (Phi) is 5.39. The second-order valence-electron chi connectivity index (χ2n) is 5.26. The van der Waals surface area contributed by atoms with Crippen LogP contribution in [0.3, 0.4) is 0 Å². The highest BCUT2D eigenvalue weighted by Crippen LogP contribution is 2.16. The predicted octanol–water partition coefficient (Wildman–Crippen LogP) is 1.62. The molecule has 1 saturated heterocycles. The van der Waals surface area contributed by atoms with Crippen molar-refractivity contribution in [2.24, 2.45) is 0 Å². The average Bonchev–Trinajstić information content (AvgIpc) is 2.49. The molecule has 1 aromatic carbocycles. The molecule has 0 radical (unpaired) electrons. The molecule has 1 aliphatic heterocycles. The molecule has 4 nitrogen and oxygen atoms in total. The van der Waals surface area contributed by atoms with Crippen LogP contribution in [0.25, 0.3) is 0 Å². The molecule has 0 bridgehead atoms. The van der Waals surface area contributed by atoms with Gasteiger partial charge in [0.05, 0.1) is 24.9 Å². The number of Topliss-reactive ketones (excluding diaryl/α,β-unsaturated/α-hetero) is 1. The summed E-state index contributed by atoms with van der Waals surface area (Å²) in [4.78, 5) is 14.0. The van der Waals surface area contributed by atoms with Crippen LogP contribution in [0, 0.1) is 11.6 Å². The molecular weight excluding hydrogens is 280 g/mol. The first-order valence-electron chi connectivity index (χ1n) is 6.96. The summed E-state index contributed by atoms with van der Waals surface area (Å²) in [6.45, 7) is 3.32. The first-order valence-corrected chi connectivity index (χ1v) is 6.96. The fourth-order valence-electron chi connectivity index (χ4n) is 2.40. The van der Waals surface area contributed by atoms with Gasteiger partial charge in [-0.05, 0) is 19.1 Å². The molecule has 116 valence electrons. The Hall–Kier alpha value is -1.37. The maximum absolute atomic E-state index is 13.5. The molecule has 1 fully saturated rings. The van der Waals surface area contributed by atoms with Gasteiger partial charge in [0, 0.05) is 25.6 Å². The number of halogens is 2. The van der Waals surface area contributed by atoms with Gasteiger partial charge in [-0.1, -0.05) is 6.07 Å². The number of rotatable bonds is 5. The monoisotopic (exact) mass is 299 g/mol. The van der Waals surface area contributed by atoms with Crippen LogP contribution >= 0.6 is 0 Å². The molecule has 1 aromatic rings. The standard InChI is InChI=1S/C15H19F2NO3/c1-10-9-21-11(8-19)7-18(10)6-5-14(20)12-3-2-4-13(16)15(12)17/h2-4,10-11,19H,5-9H2,1H3. The van der Waals surface area contributed by atoms with E-state index >= 15 is 0 Å². The Labute approximate surface area is 122 Å². The molecule has 1 heterocycles. The van der Waals surface area contributed by atoms with Crippen LogP contribution in [0.15, 0.2) is 18.2 Å². The smallest absolute Gasteiger partial charge is 0.169 e. The summed E-state index contributed by atoms with van der Waals surface area (Å²) >= 11 is 0. The zero-order chi connectivity index (χ0) is 15.4. The Morgan fingerprint density at radius 1 is 1.48 bits per heavy atom. The zero-order valence-corrected chi connectivity index (χ0v) is 11.9. The molecule has 0 spiro atoms. The van der Waals surface area contributed by atoms with Gasteiger partial charge in [0.2, 0.25) is 0 Å². The summed E-state index contributed by atoms with van der Waals surface area (Å²) in [5.74, 6) is -2.53. The average molecular weight is 299 g/mol. The van der Waals surface area contributed by atoms with Crippen LogP contribution in [0.1, 0.15) is 23.7 Å². The van der Waals surface area contributed by atoms with E-state index in [2.05, 4.69) is 0 Å². The molecule has 0 amide bonds. The minimum absolute atomic E-state index is 0.0737. The molecular formula is C15H19F2NO3. The first kappa shape index (κ1) is 16.0. The number of carbonyl (C=O) groups is 1. The minimum Gasteiger partial charge on any atom is -0.394 e. The van der Waals surface area contributed by atoms with Crippen molar-refractivity contribution in [2.45, 2.75) is 25.5 Å². The fraction of sp³-hybridized carbons (Fsp3) is 0.533. The number of nitrogens with zero attached hydrogens (tertiary/aromatic N) is 1. The third-order valence-electron chi connectivity index (χ3n) is 3.72. The van der Waals surface area contributed by atoms with Crippen molar-refractivity contribution in [1.82, 2.24) is 4.90 Å². The van der Waals surface area contributed by atoms with Crippen molar-refractivity contribution in [1.29, 1.82) is 0 Å². The molecule has 0 aliphatic carbocycles. The lowest BCUT2D eigenvalue weighted by atomic mass is 10.1. The maximum Gasteiger partial charge on any atom is 0.169 e. The van der Waals surface area contributed by atoms with E-state index in [1.54, 1.807) is 0 Å². The highest BCUT2D eigenvalue weighted by molar-refractivity contribution is 5.96. The van der Waals surface area contributed by atoms with Crippen LogP contribution in [0.5, 0.6) is 0 Å². The molecule has 0 saturated carbocycles. The molecule has 6 heteroatoms. The summed E-state index contributed by atoms with van der Waals surface area (Å²) in [6, 6.07) is 3.73. The third-order valence-corrected chi connectivity index (χ3v) is 3.72. The number of morpholine rings is 1. The van der Waals surface area contributed by atoms with Crippen molar-refractivity contribution < 1.29 is 23.4 Å². The Balaban J connectivity index is 1.95. The summed E-state index contributed by atoms with van der Waals surface area (Å²) in [7, 11) is 0. The largest absolute Gasteiger partial charge is 0.394 e. The Bertz CT molecular complexity index is 510. The molecule has 2 atom stereocenters. The predicted molar refractivity (Wildman–Crippen MR) is 73.2 cm³/mol. The lowest BCUT2D eigenvalue weighted by Gasteiger charge is -2.37. The van der Waals surface area contributed by atoms with Crippen molar-refractivity contribution in [3.05, 3.63) is 35.4 Å². The van der Waals surface area contributed by atoms with E-state index in [0.717, 1.165) is 6.07 Å². The van der Waals surface area contributed by atoms with Crippen molar-refractivity contribution in [3.63, 3.8) is 0 Å². The lowest BCUT2D eigenvalue weighted by molar-refractivity contribution is -0.0772. The SMILES string of the molecule is CC1COC(CO)CN1CCC(=O)c1cccc(F)c1F. The van der Waals surface area contributed by atoms with Gasteiger partial charge in [0.25, 0.3) is 0 Å². The number of benzene rings is 1. The number of hydrogen-bond acceptors (Lipinski definition) is 4. The van der Waals surface area contributed by atoms with Crippen molar-refractivity contribution in [3.8, 4) is 0 Å². The summed E-state index contributed by atoms with van der Waals surface area (Å²) in [5.41, 5.74) is -0.213. The van der Waals surface area contributed by atoms with Gasteiger partial charge >= 0.3 is 0 Å². The van der Waals surface area contributed by atoms with Crippen LogP contribution in [0.4, 0.5) is 8.78 Å².